The quantitative estimate of drug-likeness (QED) is 0.234. The van der Waals surface area contributed by atoms with E-state index < -0.39 is 23.3 Å². The van der Waals surface area contributed by atoms with Gasteiger partial charge >= 0.3 is 0 Å². The summed E-state index contributed by atoms with van der Waals surface area (Å²) in [6.45, 7) is 3.66. The Labute approximate surface area is 172 Å². The molecule has 0 atom stereocenters. The first kappa shape index (κ1) is 19.9. The van der Waals surface area contributed by atoms with E-state index in [-0.39, 0.29) is 5.39 Å². The van der Waals surface area contributed by atoms with Crippen molar-refractivity contribution in [2.24, 2.45) is 0 Å². The van der Waals surface area contributed by atoms with Crippen LogP contribution in [0.3, 0.4) is 0 Å². The third-order valence-electron chi connectivity index (χ3n) is 5.17. The normalized spacial score (nSPS) is 11.1. The molecule has 4 aromatic rings. The molecule has 4 rings (SSSR count). The molecule has 0 nitrogen and oxygen atoms in total. The van der Waals surface area contributed by atoms with Crippen LogP contribution in [-0.2, 0) is 6.42 Å². The fraction of sp³-hybridized carbons (Fsp3) is 0.0769. The molecule has 0 aliphatic heterocycles. The number of hydrogen-bond acceptors (Lipinski definition) is 0. The third-order valence-corrected chi connectivity index (χ3v) is 5.17. The van der Waals surface area contributed by atoms with E-state index in [1.54, 1.807) is 30.3 Å². The van der Waals surface area contributed by atoms with Crippen molar-refractivity contribution in [1.29, 1.82) is 0 Å². The van der Waals surface area contributed by atoms with E-state index in [4.69, 9.17) is 0 Å². The van der Waals surface area contributed by atoms with Gasteiger partial charge in [-0.3, -0.25) is 0 Å². The largest absolute Gasteiger partial charge is 0.206 e. The van der Waals surface area contributed by atoms with E-state index >= 15 is 0 Å². The Morgan fingerprint density at radius 1 is 0.667 bits per heavy atom. The number of rotatable bonds is 5. The molecule has 0 fully saturated rings. The lowest BCUT2D eigenvalue weighted by atomic mass is 9.96. The number of allylic oxidation sites excluding steroid dienone is 1. The van der Waals surface area contributed by atoms with Crippen LogP contribution in [0.2, 0.25) is 0 Å². The average Bonchev–Trinajstić information content (AvgIpc) is 2.74. The average molecular weight is 406 g/mol. The topological polar surface area (TPSA) is 0 Å². The zero-order valence-electron chi connectivity index (χ0n) is 16.1. The molecule has 0 amide bonds. The van der Waals surface area contributed by atoms with Crippen LogP contribution in [-0.4, -0.2) is 0 Å². The minimum Gasteiger partial charge on any atom is -0.206 e. The van der Waals surface area contributed by atoms with Crippen LogP contribution >= 0.6 is 0 Å². The highest BCUT2D eigenvalue weighted by Gasteiger charge is 2.13. The summed E-state index contributed by atoms with van der Waals surface area (Å²) >= 11 is 0. The van der Waals surface area contributed by atoms with Crippen LogP contribution in [0, 0.1) is 23.3 Å². The molecule has 4 aromatic carbocycles. The SMILES string of the molecule is C=CCCc1ccc(-c2ccc(-c3ccc4c(F)c(F)ccc4c3)c(F)c2)c(F)c1. The molecule has 0 aliphatic carbocycles. The van der Waals surface area contributed by atoms with E-state index in [0.717, 1.165) is 18.1 Å². The molecular formula is C26H18F4. The zero-order valence-corrected chi connectivity index (χ0v) is 16.1. The van der Waals surface area contributed by atoms with Crippen molar-refractivity contribution in [2.75, 3.05) is 0 Å². The first-order valence-electron chi connectivity index (χ1n) is 9.55. The number of halogens is 4. The molecule has 0 saturated carbocycles. The molecule has 0 aromatic heterocycles. The van der Waals surface area contributed by atoms with Crippen molar-refractivity contribution in [3.63, 3.8) is 0 Å². The Kier molecular flexibility index (Phi) is 5.40. The summed E-state index contributed by atoms with van der Waals surface area (Å²) in [5, 5.41) is 0.602. The molecule has 0 radical (unpaired) electrons. The molecule has 150 valence electrons. The van der Waals surface area contributed by atoms with Crippen LogP contribution in [0.15, 0.2) is 79.4 Å². The first-order chi connectivity index (χ1) is 14.5. The van der Waals surface area contributed by atoms with Gasteiger partial charge in [-0.1, -0.05) is 48.5 Å². The molecule has 0 unspecified atom stereocenters. The molecular weight excluding hydrogens is 388 g/mol. The van der Waals surface area contributed by atoms with Gasteiger partial charge in [0.1, 0.15) is 11.6 Å². The van der Waals surface area contributed by atoms with Gasteiger partial charge in [-0.05, 0) is 59.2 Å². The number of hydrogen-bond donors (Lipinski definition) is 0. The van der Waals surface area contributed by atoms with Crippen LogP contribution in [0.25, 0.3) is 33.0 Å². The van der Waals surface area contributed by atoms with E-state index in [9.17, 15) is 17.6 Å². The number of benzene rings is 4. The van der Waals surface area contributed by atoms with E-state index in [1.807, 2.05) is 6.07 Å². The fourth-order valence-corrected chi connectivity index (χ4v) is 3.57. The smallest absolute Gasteiger partial charge is 0.166 e. The van der Waals surface area contributed by atoms with Gasteiger partial charge in [0.15, 0.2) is 11.6 Å². The van der Waals surface area contributed by atoms with Crippen molar-refractivity contribution in [3.05, 3.63) is 108 Å². The van der Waals surface area contributed by atoms with Gasteiger partial charge in [0.05, 0.1) is 0 Å². The summed E-state index contributed by atoms with van der Waals surface area (Å²) in [7, 11) is 0. The number of fused-ring (bicyclic) bond motifs is 1. The zero-order chi connectivity index (χ0) is 21.3. The van der Waals surface area contributed by atoms with Gasteiger partial charge in [-0.15, -0.1) is 6.58 Å². The minimum absolute atomic E-state index is 0.134. The summed E-state index contributed by atoms with van der Waals surface area (Å²) in [5.41, 5.74) is 2.43. The van der Waals surface area contributed by atoms with Crippen molar-refractivity contribution >= 4 is 10.8 Å². The molecule has 30 heavy (non-hydrogen) atoms. The second-order valence-electron chi connectivity index (χ2n) is 7.13. The monoisotopic (exact) mass is 406 g/mol. The van der Waals surface area contributed by atoms with E-state index in [1.165, 1.54) is 30.3 Å². The van der Waals surface area contributed by atoms with E-state index in [0.29, 0.717) is 34.1 Å². The summed E-state index contributed by atoms with van der Waals surface area (Å²) in [5.74, 6) is -2.79. The van der Waals surface area contributed by atoms with Gasteiger partial charge in [0.25, 0.3) is 0 Å². The minimum atomic E-state index is -0.929. The maximum Gasteiger partial charge on any atom is 0.166 e. The molecule has 0 N–H and O–H groups in total. The van der Waals surface area contributed by atoms with Crippen LogP contribution in [0.5, 0.6) is 0 Å². The first-order valence-corrected chi connectivity index (χ1v) is 9.55. The van der Waals surface area contributed by atoms with Crippen molar-refractivity contribution in [3.8, 4) is 22.3 Å². The summed E-state index contributed by atoms with van der Waals surface area (Å²) in [6.07, 6.45) is 3.22. The summed E-state index contributed by atoms with van der Waals surface area (Å²) in [4.78, 5) is 0. The molecule has 0 saturated heterocycles. The Balaban J connectivity index is 1.69. The highest BCUT2D eigenvalue weighted by molar-refractivity contribution is 5.88. The summed E-state index contributed by atoms with van der Waals surface area (Å²) in [6, 6.07) is 16.5. The fourth-order valence-electron chi connectivity index (χ4n) is 3.57. The highest BCUT2D eigenvalue weighted by atomic mass is 19.2. The standard InChI is InChI=1S/C26H18F4/c1-2-3-4-16-5-9-20(24(28)13-16)19-6-10-21(25(29)15-19)17-7-11-22-18(14-17)8-12-23(27)26(22)30/h2,5-15H,1,3-4H2. The Morgan fingerprint density at radius 2 is 1.33 bits per heavy atom. The maximum absolute atomic E-state index is 14.9. The predicted molar refractivity (Wildman–Crippen MR) is 113 cm³/mol. The maximum atomic E-state index is 14.9. The van der Waals surface area contributed by atoms with Gasteiger partial charge in [0, 0.05) is 16.5 Å². The van der Waals surface area contributed by atoms with Crippen molar-refractivity contribution in [2.45, 2.75) is 12.8 Å². The second kappa shape index (κ2) is 8.15. The molecule has 4 heteroatoms. The number of aryl methyl sites for hydroxylation is 1. The lowest BCUT2D eigenvalue weighted by Gasteiger charge is -2.10. The molecule has 0 heterocycles. The summed E-state index contributed by atoms with van der Waals surface area (Å²) < 4.78 is 56.7. The van der Waals surface area contributed by atoms with E-state index in [2.05, 4.69) is 6.58 Å². The van der Waals surface area contributed by atoms with Gasteiger partial charge in [-0.2, -0.15) is 0 Å². The molecule has 0 bridgehead atoms. The van der Waals surface area contributed by atoms with Gasteiger partial charge in [-0.25, -0.2) is 17.6 Å². The van der Waals surface area contributed by atoms with Crippen LogP contribution in [0.1, 0.15) is 12.0 Å². The molecule has 0 spiro atoms. The lowest BCUT2D eigenvalue weighted by Crippen LogP contribution is -1.92. The second-order valence-corrected chi connectivity index (χ2v) is 7.13. The molecule has 0 aliphatic rings. The van der Waals surface area contributed by atoms with Crippen molar-refractivity contribution in [1.82, 2.24) is 0 Å². The van der Waals surface area contributed by atoms with Crippen molar-refractivity contribution < 1.29 is 17.6 Å². The van der Waals surface area contributed by atoms with Crippen LogP contribution < -0.4 is 0 Å². The lowest BCUT2D eigenvalue weighted by molar-refractivity contribution is 0.517. The Hall–Kier alpha value is -3.40. The Morgan fingerprint density at radius 3 is 2.03 bits per heavy atom. The van der Waals surface area contributed by atoms with Gasteiger partial charge < -0.3 is 0 Å². The third kappa shape index (κ3) is 3.73. The van der Waals surface area contributed by atoms with Gasteiger partial charge in [0.2, 0.25) is 0 Å². The Bertz CT molecular complexity index is 1260. The predicted octanol–water partition coefficient (Wildman–Crippen LogP) is 7.85. The highest BCUT2D eigenvalue weighted by Crippen LogP contribution is 2.32. The van der Waals surface area contributed by atoms with Crippen LogP contribution in [0.4, 0.5) is 17.6 Å².